The quantitative estimate of drug-likeness (QED) is 0.667. The maximum atomic E-state index is 7.02. The van der Waals surface area contributed by atoms with Crippen LogP contribution in [0.3, 0.4) is 0 Å². The van der Waals surface area contributed by atoms with E-state index < -0.39 is 5.54 Å². The van der Waals surface area contributed by atoms with Crippen molar-refractivity contribution < 1.29 is 0 Å². The molecule has 0 bridgehead atoms. The summed E-state index contributed by atoms with van der Waals surface area (Å²) in [6, 6.07) is 31.2. The van der Waals surface area contributed by atoms with Crippen LogP contribution < -0.4 is 5.73 Å². The van der Waals surface area contributed by atoms with Crippen LogP contribution in [0.25, 0.3) is 0 Å². The Bertz CT molecular complexity index is 671. The van der Waals surface area contributed by atoms with Crippen LogP contribution in [0.4, 0.5) is 0 Å². The van der Waals surface area contributed by atoms with Gasteiger partial charge in [0, 0.05) is 5.92 Å². The summed E-state index contributed by atoms with van der Waals surface area (Å²) in [5.74, 6) is 0.165. The minimum absolute atomic E-state index is 0. The first-order valence-corrected chi connectivity index (χ1v) is 7.68. The van der Waals surface area contributed by atoms with Gasteiger partial charge in [-0.3, -0.25) is 0 Å². The molecule has 3 aromatic carbocycles. The Labute approximate surface area is 148 Å². The number of halogens is 1. The lowest BCUT2D eigenvalue weighted by Gasteiger charge is -2.37. The Morgan fingerprint density at radius 1 is 0.652 bits per heavy atom. The second kappa shape index (κ2) is 7.58. The summed E-state index contributed by atoms with van der Waals surface area (Å²) in [4.78, 5) is 0. The van der Waals surface area contributed by atoms with Crippen LogP contribution in [-0.4, -0.2) is 0 Å². The molecule has 0 spiro atoms. The van der Waals surface area contributed by atoms with Crippen molar-refractivity contribution in [1.82, 2.24) is 0 Å². The number of rotatable bonds is 4. The Hall–Kier alpha value is -1.90. The molecular formula is C21H22BrN. The third kappa shape index (κ3) is 3.39. The van der Waals surface area contributed by atoms with Crippen LogP contribution >= 0.6 is 17.0 Å². The lowest BCUT2D eigenvalue weighted by Crippen LogP contribution is -2.43. The highest BCUT2D eigenvalue weighted by Crippen LogP contribution is 2.39. The number of nitrogens with two attached hydrogens (primary N) is 1. The summed E-state index contributed by atoms with van der Waals surface area (Å²) in [6.45, 7) is 2.20. The van der Waals surface area contributed by atoms with E-state index in [4.69, 9.17) is 5.73 Å². The minimum atomic E-state index is -0.552. The third-order valence-electron chi connectivity index (χ3n) is 4.49. The van der Waals surface area contributed by atoms with E-state index in [-0.39, 0.29) is 22.9 Å². The van der Waals surface area contributed by atoms with E-state index in [9.17, 15) is 0 Å². The first-order valence-electron chi connectivity index (χ1n) is 7.68. The van der Waals surface area contributed by atoms with Crippen molar-refractivity contribution >= 4 is 17.0 Å². The van der Waals surface area contributed by atoms with E-state index in [0.29, 0.717) is 0 Å². The van der Waals surface area contributed by atoms with Crippen LogP contribution in [0.15, 0.2) is 91.0 Å². The fraction of sp³-hybridized carbons (Fsp3) is 0.143. The predicted molar refractivity (Wildman–Crippen MR) is 103 cm³/mol. The summed E-state index contributed by atoms with van der Waals surface area (Å²) < 4.78 is 0. The molecule has 1 atom stereocenters. The molecule has 0 amide bonds. The molecule has 0 aliphatic carbocycles. The summed E-state index contributed by atoms with van der Waals surface area (Å²) in [7, 11) is 0. The van der Waals surface area contributed by atoms with E-state index in [1.165, 1.54) is 5.56 Å². The first kappa shape index (κ1) is 17.5. The minimum Gasteiger partial charge on any atom is -0.317 e. The second-order valence-corrected chi connectivity index (χ2v) is 5.73. The molecule has 3 aromatic rings. The summed E-state index contributed by atoms with van der Waals surface area (Å²) in [5.41, 5.74) is 9.99. The Kier molecular flexibility index (Phi) is 5.75. The number of benzene rings is 3. The average Bonchev–Trinajstić information content (AvgIpc) is 2.62. The molecule has 0 heterocycles. The zero-order chi connectivity index (χ0) is 15.4. The van der Waals surface area contributed by atoms with Gasteiger partial charge in [-0.2, -0.15) is 0 Å². The van der Waals surface area contributed by atoms with Crippen molar-refractivity contribution in [3.05, 3.63) is 108 Å². The standard InChI is InChI=1S/C21H21N.BrH/c1-17(18-11-5-2-6-12-18)21(22,19-13-7-3-8-14-19)20-15-9-4-10-16-20;/h2-17H,22H2,1H3;1H. The van der Waals surface area contributed by atoms with Crippen LogP contribution in [-0.2, 0) is 5.54 Å². The Balaban J connectivity index is 0.00000192. The van der Waals surface area contributed by atoms with Crippen molar-refractivity contribution in [2.45, 2.75) is 18.4 Å². The zero-order valence-corrected chi connectivity index (χ0v) is 14.9. The summed E-state index contributed by atoms with van der Waals surface area (Å²) in [6.07, 6.45) is 0. The van der Waals surface area contributed by atoms with Crippen LogP contribution in [0.5, 0.6) is 0 Å². The van der Waals surface area contributed by atoms with Crippen LogP contribution in [0.2, 0.25) is 0 Å². The largest absolute Gasteiger partial charge is 0.317 e. The van der Waals surface area contributed by atoms with Gasteiger partial charge in [-0.15, -0.1) is 17.0 Å². The van der Waals surface area contributed by atoms with Crippen LogP contribution in [0, 0.1) is 0 Å². The molecule has 1 unspecified atom stereocenters. The molecule has 3 rings (SSSR count). The van der Waals surface area contributed by atoms with Gasteiger partial charge >= 0.3 is 0 Å². The Morgan fingerprint density at radius 3 is 1.39 bits per heavy atom. The average molecular weight is 368 g/mol. The highest BCUT2D eigenvalue weighted by Gasteiger charge is 2.36. The molecule has 0 radical (unpaired) electrons. The fourth-order valence-electron chi connectivity index (χ4n) is 3.10. The molecule has 0 aliphatic heterocycles. The predicted octanol–water partition coefficient (Wildman–Crippen LogP) is 5.27. The molecular weight excluding hydrogens is 346 g/mol. The van der Waals surface area contributed by atoms with Crippen molar-refractivity contribution in [1.29, 1.82) is 0 Å². The van der Waals surface area contributed by atoms with Crippen molar-refractivity contribution in [3.63, 3.8) is 0 Å². The maximum absolute atomic E-state index is 7.02. The number of hydrogen-bond donors (Lipinski definition) is 1. The number of hydrogen-bond acceptors (Lipinski definition) is 1. The highest BCUT2D eigenvalue weighted by atomic mass is 79.9. The first-order chi connectivity index (χ1) is 10.7. The Morgan fingerprint density at radius 2 is 1.00 bits per heavy atom. The maximum Gasteiger partial charge on any atom is 0.0732 e. The van der Waals surface area contributed by atoms with E-state index in [1.54, 1.807) is 0 Å². The van der Waals surface area contributed by atoms with Gasteiger partial charge in [-0.1, -0.05) is 97.9 Å². The van der Waals surface area contributed by atoms with Crippen molar-refractivity contribution in [2.24, 2.45) is 5.73 Å². The lowest BCUT2D eigenvalue weighted by molar-refractivity contribution is 0.448. The molecule has 2 N–H and O–H groups in total. The van der Waals surface area contributed by atoms with E-state index in [2.05, 4.69) is 79.7 Å². The highest BCUT2D eigenvalue weighted by molar-refractivity contribution is 8.93. The van der Waals surface area contributed by atoms with E-state index >= 15 is 0 Å². The SMILES string of the molecule is Br.CC(c1ccccc1)C(N)(c1ccccc1)c1ccccc1. The molecule has 0 saturated heterocycles. The normalized spacial score (nSPS) is 12.3. The van der Waals surface area contributed by atoms with E-state index in [1.807, 2.05) is 18.2 Å². The molecule has 2 heteroatoms. The molecule has 1 nitrogen and oxygen atoms in total. The smallest absolute Gasteiger partial charge is 0.0732 e. The fourth-order valence-corrected chi connectivity index (χ4v) is 3.10. The zero-order valence-electron chi connectivity index (χ0n) is 13.2. The summed E-state index contributed by atoms with van der Waals surface area (Å²) >= 11 is 0. The van der Waals surface area contributed by atoms with Gasteiger partial charge in [0.1, 0.15) is 0 Å². The van der Waals surface area contributed by atoms with Gasteiger partial charge < -0.3 is 5.73 Å². The van der Waals surface area contributed by atoms with Gasteiger partial charge in [0.05, 0.1) is 5.54 Å². The lowest BCUT2D eigenvalue weighted by atomic mass is 9.72. The van der Waals surface area contributed by atoms with Gasteiger partial charge in [0.25, 0.3) is 0 Å². The van der Waals surface area contributed by atoms with Gasteiger partial charge in [0.15, 0.2) is 0 Å². The van der Waals surface area contributed by atoms with Gasteiger partial charge in [-0.05, 0) is 16.7 Å². The topological polar surface area (TPSA) is 26.0 Å². The molecule has 118 valence electrons. The third-order valence-corrected chi connectivity index (χ3v) is 4.49. The van der Waals surface area contributed by atoms with E-state index in [0.717, 1.165) is 11.1 Å². The van der Waals surface area contributed by atoms with Crippen LogP contribution in [0.1, 0.15) is 29.5 Å². The van der Waals surface area contributed by atoms with Crippen molar-refractivity contribution in [2.75, 3.05) is 0 Å². The summed E-state index contributed by atoms with van der Waals surface area (Å²) in [5, 5.41) is 0. The molecule has 23 heavy (non-hydrogen) atoms. The molecule has 0 aliphatic rings. The van der Waals surface area contributed by atoms with Gasteiger partial charge in [0.2, 0.25) is 0 Å². The molecule has 0 fully saturated rings. The molecule has 0 aromatic heterocycles. The molecule has 0 saturated carbocycles. The second-order valence-electron chi connectivity index (χ2n) is 5.73. The monoisotopic (exact) mass is 367 g/mol. The van der Waals surface area contributed by atoms with Gasteiger partial charge in [-0.25, -0.2) is 0 Å². The van der Waals surface area contributed by atoms with Crippen molar-refractivity contribution in [3.8, 4) is 0 Å².